The summed E-state index contributed by atoms with van der Waals surface area (Å²) >= 11 is 0. The van der Waals surface area contributed by atoms with Crippen molar-refractivity contribution in [2.75, 3.05) is 6.54 Å². The lowest BCUT2D eigenvalue weighted by atomic mass is 9.92. The van der Waals surface area contributed by atoms with Gasteiger partial charge in [-0.05, 0) is 42.3 Å². The van der Waals surface area contributed by atoms with Crippen LogP contribution in [0.4, 0.5) is 0 Å². The molecule has 5 rings (SSSR count). The second-order valence-corrected chi connectivity index (χ2v) is 8.08. The van der Waals surface area contributed by atoms with E-state index in [0.29, 0.717) is 35.4 Å². The summed E-state index contributed by atoms with van der Waals surface area (Å²) in [4.78, 5) is 45.7. The number of carbonyl (C=O) groups is 1. The van der Waals surface area contributed by atoms with Crippen molar-refractivity contribution in [3.63, 3.8) is 0 Å². The van der Waals surface area contributed by atoms with Gasteiger partial charge < -0.3 is 10.1 Å². The number of ether oxygens (including phenoxy) is 1. The smallest absolute Gasteiger partial charge is 0.328 e. The number of nitrogens with zero attached hydrogens (tertiary/aromatic N) is 1. The zero-order valence-electron chi connectivity index (χ0n) is 18.2. The number of H-pyrrole nitrogens is 2. The molecule has 0 bridgehead atoms. The van der Waals surface area contributed by atoms with Gasteiger partial charge in [0.1, 0.15) is 5.75 Å². The average Bonchev–Trinajstić information content (AvgIpc) is 2.86. The van der Waals surface area contributed by atoms with Crippen molar-refractivity contribution >= 4 is 5.91 Å². The Morgan fingerprint density at radius 1 is 1.03 bits per heavy atom. The lowest BCUT2D eigenvalue weighted by molar-refractivity contribution is 0.0952. The van der Waals surface area contributed by atoms with Crippen LogP contribution in [0.2, 0.25) is 0 Å². The lowest BCUT2D eigenvalue weighted by Crippen LogP contribution is -2.28. The second-order valence-electron chi connectivity index (χ2n) is 8.08. The van der Waals surface area contributed by atoms with E-state index in [-0.39, 0.29) is 24.1 Å². The van der Waals surface area contributed by atoms with E-state index in [1.54, 1.807) is 24.4 Å². The highest BCUT2D eigenvalue weighted by Crippen LogP contribution is 2.33. The second kappa shape index (κ2) is 9.19. The highest BCUT2D eigenvalue weighted by Gasteiger charge is 2.22. The predicted molar refractivity (Wildman–Crippen MR) is 126 cm³/mol. The number of rotatable bonds is 6. The van der Waals surface area contributed by atoms with E-state index in [0.717, 1.165) is 11.3 Å². The van der Waals surface area contributed by atoms with Crippen LogP contribution in [-0.4, -0.2) is 27.4 Å². The Bertz CT molecular complexity index is 1410. The van der Waals surface area contributed by atoms with Gasteiger partial charge >= 0.3 is 5.69 Å². The first kappa shape index (κ1) is 21.4. The molecule has 170 valence electrons. The fraction of sp³-hybridized carbons (Fsp3) is 0.154. The van der Waals surface area contributed by atoms with Crippen LogP contribution in [0.1, 0.15) is 45.1 Å². The molecule has 1 aliphatic heterocycles. The number of aromatic nitrogens is 3. The van der Waals surface area contributed by atoms with Gasteiger partial charge in [-0.25, -0.2) is 4.79 Å². The normalized spacial score (nSPS) is 12.7. The molecule has 2 aromatic heterocycles. The van der Waals surface area contributed by atoms with Crippen molar-refractivity contribution in [1.29, 1.82) is 0 Å². The molecule has 8 nitrogen and oxygen atoms in total. The van der Waals surface area contributed by atoms with Crippen LogP contribution in [-0.2, 0) is 6.42 Å². The molecular formula is C26H22N4O4. The summed E-state index contributed by atoms with van der Waals surface area (Å²) in [7, 11) is 0. The number of hydrogen-bond acceptors (Lipinski definition) is 5. The molecule has 0 fully saturated rings. The molecule has 0 spiro atoms. The lowest BCUT2D eigenvalue weighted by Gasteiger charge is -2.19. The number of carbonyl (C=O) groups excluding carboxylic acids is 1. The molecule has 0 saturated heterocycles. The van der Waals surface area contributed by atoms with Gasteiger partial charge in [0.25, 0.3) is 11.5 Å². The van der Waals surface area contributed by atoms with Crippen molar-refractivity contribution in [1.82, 2.24) is 20.3 Å². The van der Waals surface area contributed by atoms with Crippen LogP contribution >= 0.6 is 0 Å². The van der Waals surface area contributed by atoms with Gasteiger partial charge in [0, 0.05) is 41.9 Å². The zero-order valence-corrected chi connectivity index (χ0v) is 18.2. The summed E-state index contributed by atoms with van der Waals surface area (Å²) < 4.78 is 5.67. The summed E-state index contributed by atoms with van der Waals surface area (Å²) in [5.74, 6) is 0.492. The van der Waals surface area contributed by atoms with Crippen molar-refractivity contribution in [3.8, 4) is 11.6 Å². The number of amides is 1. The van der Waals surface area contributed by atoms with Gasteiger partial charge in [0.05, 0.1) is 5.56 Å². The Morgan fingerprint density at radius 2 is 1.85 bits per heavy atom. The molecule has 0 saturated carbocycles. The van der Waals surface area contributed by atoms with Gasteiger partial charge in [-0.3, -0.25) is 24.5 Å². The van der Waals surface area contributed by atoms with Gasteiger partial charge in [-0.2, -0.15) is 0 Å². The molecular weight excluding hydrogens is 432 g/mol. The van der Waals surface area contributed by atoms with Gasteiger partial charge in [0.2, 0.25) is 5.88 Å². The Labute approximate surface area is 194 Å². The fourth-order valence-corrected chi connectivity index (χ4v) is 4.18. The Kier molecular flexibility index (Phi) is 5.78. The first-order valence-corrected chi connectivity index (χ1v) is 11.0. The SMILES string of the molecule is O=C(NCCC(c1ccccc1)c1ccccn1)c1ccc2c(c1)Cc1c([nH]c(=O)[nH]c1=O)O2. The molecule has 1 amide bonds. The highest BCUT2D eigenvalue weighted by atomic mass is 16.5. The first-order chi connectivity index (χ1) is 16.6. The maximum atomic E-state index is 12.9. The van der Waals surface area contributed by atoms with Crippen LogP contribution < -0.4 is 21.3 Å². The Morgan fingerprint density at radius 3 is 2.65 bits per heavy atom. The number of fused-ring (bicyclic) bond motifs is 2. The monoisotopic (exact) mass is 454 g/mol. The molecule has 1 aliphatic rings. The van der Waals surface area contributed by atoms with Crippen LogP contribution in [0.15, 0.2) is 82.5 Å². The third kappa shape index (κ3) is 4.38. The third-order valence-corrected chi connectivity index (χ3v) is 5.87. The number of pyridine rings is 1. The number of hydrogen-bond donors (Lipinski definition) is 3. The molecule has 3 N–H and O–H groups in total. The molecule has 2 aromatic carbocycles. The summed E-state index contributed by atoms with van der Waals surface area (Å²) in [5.41, 5.74) is 2.47. The van der Waals surface area contributed by atoms with E-state index in [1.165, 1.54) is 0 Å². The summed E-state index contributed by atoms with van der Waals surface area (Å²) in [5, 5.41) is 2.99. The topological polar surface area (TPSA) is 117 Å². The predicted octanol–water partition coefficient (Wildman–Crippen LogP) is 3.11. The minimum Gasteiger partial charge on any atom is -0.440 e. The van der Waals surface area contributed by atoms with Crippen LogP contribution in [0.5, 0.6) is 11.6 Å². The van der Waals surface area contributed by atoms with Crippen molar-refractivity contribution in [3.05, 3.63) is 122 Å². The molecule has 0 radical (unpaired) electrons. The van der Waals surface area contributed by atoms with E-state index >= 15 is 0 Å². The fourth-order valence-electron chi connectivity index (χ4n) is 4.18. The standard InChI is InChI=1S/C26H22N4O4/c31-23(28-13-11-19(16-6-2-1-3-7-16)21-8-4-5-12-27-21)17-9-10-22-18(14-17)15-20-24(32)29-26(33)30-25(20)34-22/h1-10,12,14,19H,11,13,15H2,(H,28,31)(H2,29,30,32,33). The largest absolute Gasteiger partial charge is 0.440 e. The molecule has 34 heavy (non-hydrogen) atoms. The van der Waals surface area contributed by atoms with E-state index in [9.17, 15) is 14.4 Å². The Hall–Kier alpha value is -4.46. The third-order valence-electron chi connectivity index (χ3n) is 5.87. The molecule has 0 aliphatic carbocycles. The molecule has 3 heterocycles. The van der Waals surface area contributed by atoms with E-state index < -0.39 is 11.2 Å². The summed E-state index contributed by atoms with van der Waals surface area (Å²) in [6, 6.07) is 21.0. The van der Waals surface area contributed by atoms with Crippen molar-refractivity contribution in [2.45, 2.75) is 18.8 Å². The van der Waals surface area contributed by atoms with Crippen LogP contribution in [0, 0.1) is 0 Å². The van der Waals surface area contributed by atoms with Gasteiger partial charge in [-0.15, -0.1) is 0 Å². The summed E-state index contributed by atoms with van der Waals surface area (Å²) in [6.07, 6.45) is 2.72. The minimum atomic E-state index is -0.622. The van der Waals surface area contributed by atoms with E-state index in [4.69, 9.17) is 4.74 Å². The minimum absolute atomic E-state index is 0.0602. The van der Waals surface area contributed by atoms with Crippen molar-refractivity contribution < 1.29 is 9.53 Å². The Balaban J connectivity index is 1.29. The number of benzene rings is 2. The maximum Gasteiger partial charge on any atom is 0.328 e. The zero-order chi connectivity index (χ0) is 23.5. The van der Waals surface area contributed by atoms with Gasteiger partial charge in [0.15, 0.2) is 0 Å². The number of nitrogens with one attached hydrogen (secondary N) is 3. The quantitative estimate of drug-likeness (QED) is 0.365. The summed E-state index contributed by atoms with van der Waals surface area (Å²) in [6.45, 7) is 0.465. The molecule has 1 unspecified atom stereocenters. The average molecular weight is 454 g/mol. The van der Waals surface area contributed by atoms with Crippen LogP contribution in [0.25, 0.3) is 0 Å². The van der Waals surface area contributed by atoms with Crippen molar-refractivity contribution in [2.24, 2.45) is 0 Å². The maximum absolute atomic E-state index is 12.9. The van der Waals surface area contributed by atoms with E-state index in [1.807, 2.05) is 36.4 Å². The molecule has 1 atom stereocenters. The van der Waals surface area contributed by atoms with Gasteiger partial charge in [-0.1, -0.05) is 36.4 Å². The molecule has 8 heteroatoms. The van der Waals surface area contributed by atoms with Crippen LogP contribution in [0.3, 0.4) is 0 Å². The van der Waals surface area contributed by atoms with E-state index in [2.05, 4.69) is 32.4 Å². The first-order valence-electron chi connectivity index (χ1n) is 11.0. The highest BCUT2D eigenvalue weighted by molar-refractivity contribution is 5.94. The molecule has 4 aromatic rings. The number of aromatic amines is 2.